The maximum absolute atomic E-state index is 14.6. The second-order valence-corrected chi connectivity index (χ2v) is 10.4. The van der Waals surface area contributed by atoms with Gasteiger partial charge in [0.2, 0.25) is 0 Å². The highest BCUT2D eigenvalue weighted by atomic mass is 19.3. The largest absolute Gasteiger partial charge is 0.484 e. The van der Waals surface area contributed by atoms with Crippen LogP contribution in [0, 0.1) is 11.7 Å². The van der Waals surface area contributed by atoms with Crippen LogP contribution in [0.5, 0.6) is 5.75 Å². The molecule has 0 aliphatic heterocycles. The van der Waals surface area contributed by atoms with Crippen molar-refractivity contribution in [1.82, 2.24) is 0 Å². The summed E-state index contributed by atoms with van der Waals surface area (Å²) in [5.41, 5.74) is 2.72. The minimum Gasteiger partial charge on any atom is -0.484 e. The van der Waals surface area contributed by atoms with Crippen molar-refractivity contribution in [3.63, 3.8) is 0 Å². The molecule has 2 aromatic carbocycles. The summed E-state index contributed by atoms with van der Waals surface area (Å²) in [6.45, 7) is 1.45. The van der Waals surface area contributed by atoms with E-state index < -0.39 is 24.8 Å². The van der Waals surface area contributed by atoms with Gasteiger partial charge in [0.25, 0.3) is 5.92 Å². The highest BCUT2D eigenvalue weighted by molar-refractivity contribution is 5.32. The average Bonchev–Trinajstić information content (AvgIpc) is 2.84. The lowest BCUT2D eigenvalue weighted by Crippen LogP contribution is -2.28. The lowest BCUT2D eigenvalue weighted by Gasteiger charge is -2.28. The van der Waals surface area contributed by atoms with Crippen molar-refractivity contribution in [3.05, 3.63) is 65.0 Å². The van der Waals surface area contributed by atoms with Crippen LogP contribution >= 0.6 is 0 Å². The molecule has 34 heavy (non-hydrogen) atoms. The molecule has 4 rings (SSSR count). The summed E-state index contributed by atoms with van der Waals surface area (Å²) in [6.07, 6.45) is 8.44. The fraction of sp³-hybridized carbons (Fsp3) is 0.586. The highest BCUT2D eigenvalue weighted by Crippen LogP contribution is 2.37. The van der Waals surface area contributed by atoms with E-state index in [9.17, 15) is 13.2 Å². The molecular formula is C29H37F3O2. The molecule has 2 aliphatic carbocycles. The van der Waals surface area contributed by atoms with E-state index in [1.807, 2.05) is 12.1 Å². The van der Waals surface area contributed by atoms with Gasteiger partial charge in [0.15, 0.2) is 18.2 Å². The van der Waals surface area contributed by atoms with Gasteiger partial charge in [-0.05, 0) is 85.1 Å². The summed E-state index contributed by atoms with van der Waals surface area (Å²) in [5.74, 6) is -2.17. The molecule has 2 fully saturated rings. The Hall–Kier alpha value is -2.01. The van der Waals surface area contributed by atoms with Crippen LogP contribution < -0.4 is 4.74 Å². The molecule has 186 valence electrons. The molecule has 0 amide bonds. The predicted molar refractivity (Wildman–Crippen MR) is 129 cm³/mol. The molecule has 0 N–H and O–H groups in total. The van der Waals surface area contributed by atoms with Crippen molar-refractivity contribution >= 4 is 0 Å². The van der Waals surface area contributed by atoms with Crippen molar-refractivity contribution in [2.75, 3.05) is 13.7 Å². The molecule has 0 unspecified atom stereocenters. The van der Waals surface area contributed by atoms with Gasteiger partial charge in [0, 0.05) is 13.5 Å². The Kier molecular flexibility index (Phi) is 8.23. The van der Waals surface area contributed by atoms with Crippen molar-refractivity contribution < 1.29 is 22.6 Å². The third-order valence-corrected chi connectivity index (χ3v) is 7.80. The van der Waals surface area contributed by atoms with Crippen LogP contribution in [0.25, 0.3) is 0 Å². The topological polar surface area (TPSA) is 18.5 Å². The van der Waals surface area contributed by atoms with E-state index >= 15 is 0 Å². The first kappa shape index (κ1) is 25.1. The lowest BCUT2D eigenvalue weighted by molar-refractivity contribution is -0.0409. The smallest absolute Gasteiger partial charge is 0.285 e. The Morgan fingerprint density at radius 1 is 0.824 bits per heavy atom. The SMILES string of the molecule is COC1CCC(c2ccc(OCC(F)(F)Cc3ccc(C4CCC(C)CC4)cc3)c(F)c2)CC1. The number of ether oxygens (including phenoxy) is 2. The van der Waals surface area contributed by atoms with Gasteiger partial charge in [-0.1, -0.05) is 50.1 Å². The summed E-state index contributed by atoms with van der Waals surface area (Å²) in [7, 11) is 1.72. The van der Waals surface area contributed by atoms with Crippen LogP contribution in [0.4, 0.5) is 13.2 Å². The Morgan fingerprint density at radius 2 is 1.41 bits per heavy atom. The van der Waals surface area contributed by atoms with Gasteiger partial charge in [-0.2, -0.15) is 0 Å². The van der Waals surface area contributed by atoms with Crippen LogP contribution in [0.1, 0.15) is 86.8 Å². The van der Waals surface area contributed by atoms with Crippen LogP contribution in [-0.4, -0.2) is 25.7 Å². The monoisotopic (exact) mass is 474 g/mol. The van der Waals surface area contributed by atoms with Crippen LogP contribution in [0.15, 0.2) is 42.5 Å². The number of hydrogen-bond acceptors (Lipinski definition) is 2. The summed E-state index contributed by atoms with van der Waals surface area (Å²) in [4.78, 5) is 0. The number of hydrogen-bond donors (Lipinski definition) is 0. The molecular weight excluding hydrogens is 437 g/mol. The molecule has 0 bridgehead atoms. The Morgan fingerprint density at radius 3 is 2.03 bits per heavy atom. The zero-order chi connectivity index (χ0) is 24.1. The number of methoxy groups -OCH3 is 1. The molecule has 0 heterocycles. The standard InChI is InChI=1S/C29H37F3O2/c1-20-3-7-22(8-4-20)23-9-5-21(6-10-23)18-29(31,32)19-34-28-16-13-25(17-27(28)30)24-11-14-26(33-2)15-12-24/h5-6,9-10,13,16-17,20,22,24,26H,3-4,7-8,11-12,14-15,18-19H2,1-2H3. The van der Waals surface area contributed by atoms with E-state index in [0.717, 1.165) is 37.2 Å². The normalized spacial score (nSPS) is 25.8. The summed E-state index contributed by atoms with van der Waals surface area (Å²) >= 11 is 0. The van der Waals surface area contributed by atoms with E-state index in [2.05, 4.69) is 6.92 Å². The predicted octanol–water partition coefficient (Wildman–Crippen LogP) is 8.05. The summed E-state index contributed by atoms with van der Waals surface area (Å²) in [5, 5.41) is 0. The number of rotatable bonds is 8. The quantitative estimate of drug-likeness (QED) is 0.385. The second kappa shape index (κ2) is 11.2. The van der Waals surface area contributed by atoms with Gasteiger partial charge in [-0.15, -0.1) is 0 Å². The van der Waals surface area contributed by atoms with Crippen LogP contribution in [0.2, 0.25) is 0 Å². The van der Waals surface area contributed by atoms with Gasteiger partial charge in [-0.3, -0.25) is 0 Å². The molecule has 2 aromatic rings. The third-order valence-electron chi connectivity index (χ3n) is 7.80. The van der Waals surface area contributed by atoms with E-state index in [0.29, 0.717) is 11.5 Å². The van der Waals surface area contributed by atoms with Crippen molar-refractivity contribution in [1.29, 1.82) is 0 Å². The number of halogens is 3. The van der Waals surface area contributed by atoms with Crippen molar-refractivity contribution in [3.8, 4) is 5.75 Å². The fourth-order valence-electron chi connectivity index (χ4n) is 5.55. The molecule has 0 aromatic heterocycles. The molecule has 2 saturated carbocycles. The van der Waals surface area contributed by atoms with Crippen molar-refractivity contribution in [2.24, 2.45) is 5.92 Å². The first-order valence-electron chi connectivity index (χ1n) is 12.7. The van der Waals surface area contributed by atoms with Crippen LogP contribution in [0.3, 0.4) is 0 Å². The minimum atomic E-state index is -3.08. The third kappa shape index (κ3) is 6.56. The number of benzene rings is 2. The summed E-state index contributed by atoms with van der Waals surface area (Å²) in [6, 6.07) is 12.3. The summed E-state index contributed by atoms with van der Waals surface area (Å²) < 4.78 is 54.4. The van der Waals surface area contributed by atoms with E-state index in [-0.39, 0.29) is 17.8 Å². The molecule has 0 atom stereocenters. The van der Waals surface area contributed by atoms with Gasteiger partial charge >= 0.3 is 0 Å². The average molecular weight is 475 g/mol. The molecule has 2 aliphatic rings. The highest BCUT2D eigenvalue weighted by Gasteiger charge is 2.31. The molecule has 0 radical (unpaired) electrons. The van der Waals surface area contributed by atoms with Crippen molar-refractivity contribution in [2.45, 2.75) is 88.6 Å². The number of alkyl halides is 2. The Labute approximate surface area is 201 Å². The van der Waals surface area contributed by atoms with Gasteiger partial charge < -0.3 is 9.47 Å². The van der Waals surface area contributed by atoms with E-state index in [1.54, 1.807) is 25.3 Å². The first-order chi connectivity index (χ1) is 16.3. The lowest BCUT2D eigenvalue weighted by atomic mass is 9.79. The zero-order valence-corrected chi connectivity index (χ0v) is 20.4. The molecule has 0 saturated heterocycles. The van der Waals surface area contributed by atoms with Gasteiger partial charge in [0.05, 0.1) is 6.10 Å². The Balaban J connectivity index is 1.29. The van der Waals surface area contributed by atoms with Gasteiger partial charge in [-0.25, -0.2) is 13.2 Å². The maximum atomic E-state index is 14.6. The van der Waals surface area contributed by atoms with Crippen LogP contribution in [-0.2, 0) is 11.2 Å². The van der Waals surface area contributed by atoms with E-state index in [1.165, 1.54) is 43.4 Å². The van der Waals surface area contributed by atoms with E-state index in [4.69, 9.17) is 9.47 Å². The second-order valence-electron chi connectivity index (χ2n) is 10.4. The Bertz CT molecular complexity index is 911. The maximum Gasteiger partial charge on any atom is 0.285 e. The molecule has 0 spiro atoms. The zero-order valence-electron chi connectivity index (χ0n) is 20.4. The molecule has 5 heteroatoms. The molecule has 2 nitrogen and oxygen atoms in total. The fourth-order valence-corrected chi connectivity index (χ4v) is 5.55. The minimum absolute atomic E-state index is 0.115. The first-order valence-corrected chi connectivity index (χ1v) is 12.7. The van der Waals surface area contributed by atoms with Gasteiger partial charge in [0.1, 0.15) is 0 Å².